The number of anilines is 2. The van der Waals surface area contributed by atoms with Crippen LogP contribution in [0.1, 0.15) is 0 Å². The second kappa shape index (κ2) is 5.63. The van der Waals surface area contributed by atoms with Gasteiger partial charge in [-0.3, -0.25) is 0 Å². The van der Waals surface area contributed by atoms with Crippen LogP contribution in [0, 0.1) is 3.57 Å². The Morgan fingerprint density at radius 1 is 1.35 bits per heavy atom. The molecular formula is C11H9BrIN3O. The van der Waals surface area contributed by atoms with Crippen LogP contribution in [-0.2, 0) is 0 Å². The lowest BCUT2D eigenvalue weighted by Gasteiger charge is -2.08. The molecule has 0 aliphatic carbocycles. The first kappa shape index (κ1) is 12.6. The predicted molar refractivity (Wildman–Crippen MR) is 78.7 cm³/mol. The van der Waals surface area contributed by atoms with Crippen molar-refractivity contribution >= 4 is 50.2 Å². The van der Waals surface area contributed by atoms with Crippen molar-refractivity contribution in [1.82, 2.24) is 9.97 Å². The van der Waals surface area contributed by atoms with Crippen molar-refractivity contribution in [1.29, 1.82) is 0 Å². The number of methoxy groups -OCH3 is 1. The van der Waals surface area contributed by atoms with E-state index in [1.165, 1.54) is 0 Å². The molecule has 0 aliphatic rings. The lowest BCUT2D eigenvalue weighted by atomic mass is 10.3. The van der Waals surface area contributed by atoms with Crippen LogP contribution in [0.3, 0.4) is 0 Å². The minimum atomic E-state index is 0.508. The number of rotatable bonds is 3. The second-order valence-electron chi connectivity index (χ2n) is 3.16. The largest absolute Gasteiger partial charge is 0.480 e. The van der Waals surface area contributed by atoms with Gasteiger partial charge in [-0.25, -0.2) is 4.98 Å². The minimum absolute atomic E-state index is 0.508. The van der Waals surface area contributed by atoms with Crippen LogP contribution in [0.15, 0.2) is 34.9 Å². The second-order valence-corrected chi connectivity index (χ2v) is 5.17. The summed E-state index contributed by atoms with van der Waals surface area (Å²) in [6.07, 6.45) is 1.66. The molecule has 0 saturated carbocycles. The fourth-order valence-electron chi connectivity index (χ4n) is 1.24. The molecule has 0 bridgehead atoms. The van der Waals surface area contributed by atoms with Crippen LogP contribution in [0.25, 0.3) is 0 Å². The number of nitrogens with one attached hydrogen (secondary N) is 1. The van der Waals surface area contributed by atoms with Gasteiger partial charge < -0.3 is 10.1 Å². The first-order chi connectivity index (χ1) is 8.20. The number of hydrogen-bond donors (Lipinski definition) is 1. The zero-order chi connectivity index (χ0) is 12.3. The maximum atomic E-state index is 5.11. The third-order valence-electron chi connectivity index (χ3n) is 2.03. The highest BCUT2D eigenvalue weighted by Gasteiger charge is 2.06. The Labute approximate surface area is 121 Å². The van der Waals surface area contributed by atoms with Gasteiger partial charge in [-0.05, 0) is 50.7 Å². The summed E-state index contributed by atoms with van der Waals surface area (Å²) in [7, 11) is 1.57. The summed E-state index contributed by atoms with van der Waals surface area (Å²) in [4.78, 5) is 8.40. The number of ether oxygens (including phenoxy) is 1. The molecule has 1 N–H and O–H groups in total. The van der Waals surface area contributed by atoms with Gasteiger partial charge in [-0.2, -0.15) is 4.98 Å². The summed E-state index contributed by atoms with van der Waals surface area (Å²) in [5, 5.41) is 3.14. The molecule has 6 heteroatoms. The third-order valence-corrected chi connectivity index (χ3v) is 3.51. The van der Waals surface area contributed by atoms with Crippen molar-refractivity contribution in [3.05, 3.63) is 38.5 Å². The number of benzene rings is 1. The van der Waals surface area contributed by atoms with Crippen molar-refractivity contribution in [3.63, 3.8) is 0 Å². The number of hydrogen-bond acceptors (Lipinski definition) is 4. The molecule has 2 rings (SSSR count). The summed E-state index contributed by atoms with van der Waals surface area (Å²) < 4.78 is 6.95. The molecule has 0 saturated heterocycles. The highest BCUT2D eigenvalue weighted by molar-refractivity contribution is 14.1. The average molecular weight is 406 g/mol. The van der Waals surface area contributed by atoms with E-state index in [0.29, 0.717) is 11.8 Å². The first-order valence-corrected chi connectivity index (χ1v) is 6.66. The number of para-hydroxylation sites is 1. The van der Waals surface area contributed by atoms with E-state index in [0.717, 1.165) is 13.7 Å². The molecular weight excluding hydrogens is 397 g/mol. The number of halogens is 2. The molecule has 1 aromatic carbocycles. The quantitative estimate of drug-likeness (QED) is 0.792. The molecule has 0 atom stereocenters. The molecule has 0 amide bonds. The minimum Gasteiger partial charge on any atom is -0.480 e. The Morgan fingerprint density at radius 2 is 2.12 bits per heavy atom. The zero-order valence-corrected chi connectivity index (χ0v) is 12.7. The topological polar surface area (TPSA) is 47.0 Å². The Morgan fingerprint density at radius 3 is 2.82 bits per heavy atom. The Kier molecular flexibility index (Phi) is 4.16. The van der Waals surface area contributed by atoms with Crippen LogP contribution in [-0.4, -0.2) is 17.1 Å². The van der Waals surface area contributed by atoms with Crippen molar-refractivity contribution in [2.45, 2.75) is 0 Å². The lowest BCUT2D eigenvalue weighted by molar-refractivity contribution is 0.394. The van der Waals surface area contributed by atoms with Crippen LogP contribution in [0.4, 0.5) is 11.6 Å². The van der Waals surface area contributed by atoms with E-state index in [4.69, 9.17) is 4.74 Å². The summed E-state index contributed by atoms with van der Waals surface area (Å²) >= 11 is 5.56. The highest BCUT2D eigenvalue weighted by Crippen LogP contribution is 2.25. The fraction of sp³-hybridized carbons (Fsp3) is 0.0909. The molecule has 1 aromatic heterocycles. The van der Waals surface area contributed by atoms with E-state index in [-0.39, 0.29) is 0 Å². The maximum Gasteiger partial charge on any atom is 0.232 e. The van der Waals surface area contributed by atoms with Crippen molar-refractivity contribution in [2.24, 2.45) is 0 Å². The van der Waals surface area contributed by atoms with E-state index in [1.807, 2.05) is 24.3 Å². The van der Waals surface area contributed by atoms with Gasteiger partial charge in [-0.1, -0.05) is 12.1 Å². The zero-order valence-electron chi connectivity index (χ0n) is 8.95. The van der Waals surface area contributed by atoms with E-state index < -0.39 is 0 Å². The average Bonchev–Trinajstić information content (AvgIpc) is 2.34. The molecule has 0 aliphatic heterocycles. The van der Waals surface area contributed by atoms with Gasteiger partial charge in [0.05, 0.1) is 23.5 Å². The Bertz CT molecular complexity index is 536. The van der Waals surface area contributed by atoms with Crippen LogP contribution >= 0.6 is 38.5 Å². The van der Waals surface area contributed by atoms with E-state index >= 15 is 0 Å². The SMILES string of the molecule is COc1nc(Nc2ccccc2I)ncc1Br. The van der Waals surface area contributed by atoms with E-state index in [9.17, 15) is 0 Å². The first-order valence-electron chi connectivity index (χ1n) is 4.79. The normalized spacial score (nSPS) is 10.1. The number of nitrogens with zero attached hydrogens (tertiary/aromatic N) is 2. The van der Waals surface area contributed by atoms with Crippen LogP contribution in [0.2, 0.25) is 0 Å². The predicted octanol–water partition coefficient (Wildman–Crippen LogP) is 3.60. The van der Waals surface area contributed by atoms with Gasteiger partial charge in [0.2, 0.25) is 11.8 Å². The standard InChI is InChI=1S/C11H9BrIN3O/c1-17-10-7(12)6-14-11(16-10)15-9-5-3-2-4-8(9)13/h2-6H,1H3,(H,14,15,16). The Hall–Kier alpha value is -0.890. The molecule has 88 valence electrons. The Balaban J connectivity index is 2.28. The summed E-state index contributed by atoms with van der Waals surface area (Å²) in [5.74, 6) is 1.02. The van der Waals surface area contributed by atoms with E-state index in [2.05, 4.69) is 53.8 Å². The van der Waals surface area contributed by atoms with Crippen molar-refractivity contribution in [2.75, 3.05) is 12.4 Å². The maximum absolute atomic E-state index is 5.11. The molecule has 1 heterocycles. The third kappa shape index (κ3) is 3.06. The van der Waals surface area contributed by atoms with Crippen molar-refractivity contribution in [3.8, 4) is 5.88 Å². The highest BCUT2D eigenvalue weighted by atomic mass is 127. The monoisotopic (exact) mass is 405 g/mol. The summed E-state index contributed by atoms with van der Waals surface area (Å²) in [6, 6.07) is 7.93. The summed E-state index contributed by atoms with van der Waals surface area (Å²) in [5.41, 5.74) is 0.970. The van der Waals surface area contributed by atoms with Gasteiger partial charge >= 0.3 is 0 Å². The van der Waals surface area contributed by atoms with Gasteiger partial charge in [0, 0.05) is 3.57 Å². The van der Waals surface area contributed by atoms with Crippen LogP contribution in [0.5, 0.6) is 5.88 Å². The lowest BCUT2D eigenvalue weighted by Crippen LogP contribution is -2.00. The molecule has 0 radical (unpaired) electrons. The van der Waals surface area contributed by atoms with Gasteiger partial charge in [0.1, 0.15) is 0 Å². The van der Waals surface area contributed by atoms with Gasteiger partial charge in [-0.15, -0.1) is 0 Å². The van der Waals surface area contributed by atoms with Gasteiger partial charge in [0.25, 0.3) is 0 Å². The summed E-state index contributed by atoms with van der Waals surface area (Å²) in [6.45, 7) is 0. The van der Waals surface area contributed by atoms with Crippen LogP contribution < -0.4 is 10.1 Å². The fourth-order valence-corrected chi connectivity index (χ4v) is 2.11. The molecule has 0 unspecified atom stereocenters. The molecule has 4 nitrogen and oxygen atoms in total. The van der Waals surface area contributed by atoms with Gasteiger partial charge in [0.15, 0.2) is 0 Å². The number of aromatic nitrogens is 2. The molecule has 0 spiro atoms. The molecule has 17 heavy (non-hydrogen) atoms. The van der Waals surface area contributed by atoms with Crippen molar-refractivity contribution < 1.29 is 4.74 Å². The molecule has 2 aromatic rings. The molecule has 0 fully saturated rings. The van der Waals surface area contributed by atoms with E-state index in [1.54, 1.807) is 13.3 Å². The smallest absolute Gasteiger partial charge is 0.232 e.